The number of nitrogens with two attached hydrogens (primary N) is 1. The van der Waals surface area contributed by atoms with Crippen molar-refractivity contribution in [3.05, 3.63) is 28.0 Å². The molecular formula is C14H17ClN4S. The van der Waals surface area contributed by atoms with Crippen LogP contribution in [0.25, 0.3) is 11.3 Å². The number of piperidine rings is 1. The fraction of sp³-hybridized carbons (Fsp3) is 0.429. The Labute approximate surface area is 127 Å². The summed E-state index contributed by atoms with van der Waals surface area (Å²) < 4.78 is 0.779. The lowest BCUT2D eigenvalue weighted by Gasteiger charge is -2.32. The lowest BCUT2D eigenvalue weighted by Crippen LogP contribution is -2.39. The van der Waals surface area contributed by atoms with E-state index in [0.29, 0.717) is 5.92 Å². The molecule has 1 aliphatic rings. The first kappa shape index (κ1) is 13.8. The molecule has 0 bridgehead atoms. The van der Waals surface area contributed by atoms with Gasteiger partial charge in [0.15, 0.2) is 0 Å². The molecular weight excluding hydrogens is 292 g/mol. The molecule has 1 aliphatic heterocycles. The third-order valence-electron chi connectivity index (χ3n) is 3.64. The molecule has 2 N–H and O–H groups in total. The van der Waals surface area contributed by atoms with Crippen LogP contribution in [0.15, 0.2) is 23.7 Å². The normalized spacial score (nSPS) is 19.3. The predicted molar refractivity (Wildman–Crippen MR) is 84.3 cm³/mol. The zero-order valence-electron chi connectivity index (χ0n) is 11.1. The highest BCUT2D eigenvalue weighted by atomic mass is 35.5. The fourth-order valence-electron chi connectivity index (χ4n) is 2.55. The van der Waals surface area contributed by atoms with Gasteiger partial charge in [0.05, 0.1) is 10.0 Å². The van der Waals surface area contributed by atoms with E-state index in [4.69, 9.17) is 17.3 Å². The Morgan fingerprint density at radius 2 is 2.40 bits per heavy atom. The minimum atomic E-state index is 0.548. The van der Waals surface area contributed by atoms with Gasteiger partial charge in [0.1, 0.15) is 0 Å². The largest absolute Gasteiger partial charge is 0.340 e. The second-order valence-electron chi connectivity index (χ2n) is 5.07. The summed E-state index contributed by atoms with van der Waals surface area (Å²) in [6.45, 7) is 2.69. The number of nitrogens with zero attached hydrogens (tertiary/aromatic N) is 3. The Morgan fingerprint density at radius 3 is 3.15 bits per heavy atom. The number of hydrogen-bond acceptors (Lipinski definition) is 5. The van der Waals surface area contributed by atoms with Crippen molar-refractivity contribution >= 4 is 28.9 Å². The summed E-state index contributed by atoms with van der Waals surface area (Å²) >= 11 is 7.51. The molecule has 3 heterocycles. The summed E-state index contributed by atoms with van der Waals surface area (Å²) in [5.41, 5.74) is 7.76. The molecule has 1 saturated heterocycles. The molecule has 1 fully saturated rings. The molecule has 3 rings (SSSR count). The molecule has 0 saturated carbocycles. The van der Waals surface area contributed by atoms with Gasteiger partial charge >= 0.3 is 0 Å². The van der Waals surface area contributed by atoms with Crippen LogP contribution in [-0.4, -0.2) is 29.6 Å². The quantitative estimate of drug-likeness (QED) is 0.947. The monoisotopic (exact) mass is 308 g/mol. The first-order chi connectivity index (χ1) is 9.76. The van der Waals surface area contributed by atoms with Crippen molar-refractivity contribution in [2.24, 2.45) is 11.7 Å². The molecule has 0 radical (unpaired) electrons. The Bertz CT molecular complexity index is 586. The Balaban J connectivity index is 1.84. The maximum Gasteiger partial charge on any atom is 0.225 e. The van der Waals surface area contributed by atoms with Crippen LogP contribution >= 0.6 is 22.9 Å². The van der Waals surface area contributed by atoms with Crippen LogP contribution in [0, 0.1) is 5.92 Å². The van der Waals surface area contributed by atoms with E-state index in [1.165, 1.54) is 17.8 Å². The van der Waals surface area contributed by atoms with E-state index in [2.05, 4.69) is 14.9 Å². The average molecular weight is 309 g/mol. The van der Waals surface area contributed by atoms with E-state index < -0.39 is 0 Å². The van der Waals surface area contributed by atoms with E-state index >= 15 is 0 Å². The highest BCUT2D eigenvalue weighted by molar-refractivity contribution is 7.14. The Morgan fingerprint density at radius 1 is 1.50 bits per heavy atom. The van der Waals surface area contributed by atoms with Gasteiger partial charge in [0.2, 0.25) is 5.95 Å². The molecule has 0 amide bonds. The van der Waals surface area contributed by atoms with Gasteiger partial charge in [0, 0.05) is 30.2 Å². The summed E-state index contributed by atoms with van der Waals surface area (Å²) in [7, 11) is 0. The van der Waals surface area contributed by atoms with Crippen LogP contribution in [-0.2, 0) is 0 Å². The van der Waals surface area contributed by atoms with Crippen molar-refractivity contribution in [1.29, 1.82) is 0 Å². The van der Waals surface area contributed by atoms with Crippen molar-refractivity contribution in [3.8, 4) is 11.3 Å². The Kier molecular flexibility index (Phi) is 4.19. The molecule has 0 aromatic carbocycles. The smallest absolute Gasteiger partial charge is 0.225 e. The van der Waals surface area contributed by atoms with Crippen LogP contribution < -0.4 is 10.6 Å². The number of aromatic nitrogens is 2. The molecule has 1 atom stereocenters. The molecule has 20 heavy (non-hydrogen) atoms. The van der Waals surface area contributed by atoms with E-state index in [1.807, 2.05) is 23.7 Å². The molecule has 1 unspecified atom stereocenters. The standard InChI is InChI=1S/C14H17ClN4S/c15-13-6-11(9-20-13)12-3-4-17-14(18-12)19-5-1-2-10(7-16)8-19/h3-4,6,9-10H,1-2,5,7-8,16H2. The topological polar surface area (TPSA) is 55.0 Å². The van der Waals surface area contributed by atoms with Gasteiger partial charge in [-0.05, 0) is 37.4 Å². The molecule has 4 nitrogen and oxygen atoms in total. The zero-order chi connectivity index (χ0) is 13.9. The maximum absolute atomic E-state index is 5.99. The van der Waals surface area contributed by atoms with E-state index in [-0.39, 0.29) is 0 Å². The van der Waals surface area contributed by atoms with Crippen molar-refractivity contribution < 1.29 is 0 Å². The minimum Gasteiger partial charge on any atom is -0.340 e. The molecule has 6 heteroatoms. The molecule has 0 spiro atoms. The van der Waals surface area contributed by atoms with Gasteiger partial charge in [-0.25, -0.2) is 9.97 Å². The van der Waals surface area contributed by atoms with Crippen LogP contribution in [0.5, 0.6) is 0 Å². The summed E-state index contributed by atoms with van der Waals surface area (Å²) in [5.74, 6) is 1.34. The highest BCUT2D eigenvalue weighted by Gasteiger charge is 2.21. The summed E-state index contributed by atoms with van der Waals surface area (Å²) in [5, 5.41) is 2.02. The fourth-order valence-corrected chi connectivity index (χ4v) is 3.42. The van der Waals surface area contributed by atoms with E-state index in [1.54, 1.807) is 0 Å². The molecule has 106 valence electrons. The van der Waals surface area contributed by atoms with Crippen LogP contribution in [0.1, 0.15) is 12.8 Å². The Hall–Kier alpha value is -1.17. The van der Waals surface area contributed by atoms with Gasteiger partial charge in [-0.1, -0.05) is 11.6 Å². The van der Waals surface area contributed by atoms with Crippen molar-refractivity contribution in [1.82, 2.24) is 9.97 Å². The number of rotatable bonds is 3. The number of thiophene rings is 1. The van der Waals surface area contributed by atoms with Crippen molar-refractivity contribution in [2.45, 2.75) is 12.8 Å². The second kappa shape index (κ2) is 6.08. The molecule has 0 aliphatic carbocycles. The highest BCUT2D eigenvalue weighted by Crippen LogP contribution is 2.28. The van der Waals surface area contributed by atoms with Crippen LogP contribution in [0.3, 0.4) is 0 Å². The van der Waals surface area contributed by atoms with Crippen LogP contribution in [0.4, 0.5) is 5.95 Å². The number of halogens is 1. The minimum absolute atomic E-state index is 0.548. The third kappa shape index (κ3) is 2.95. The van der Waals surface area contributed by atoms with Gasteiger partial charge in [-0.3, -0.25) is 0 Å². The van der Waals surface area contributed by atoms with E-state index in [9.17, 15) is 0 Å². The van der Waals surface area contributed by atoms with E-state index in [0.717, 1.165) is 47.6 Å². The van der Waals surface area contributed by atoms with Crippen molar-refractivity contribution in [3.63, 3.8) is 0 Å². The van der Waals surface area contributed by atoms with Crippen LogP contribution in [0.2, 0.25) is 4.34 Å². The molecule has 2 aromatic heterocycles. The van der Waals surface area contributed by atoms with Gasteiger partial charge in [-0.15, -0.1) is 11.3 Å². The first-order valence-corrected chi connectivity index (χ1v) is 8.04. The summed E-state index contributed by atoms with van der Waals surface area (Å²) in [6.07, 6.45) is 4.17. The van der Waals surface area contributed by atoms with Crippen molar-refractivity contribution in [2.75, 3.05) is 24.5 Å². The van der Waals surface area contributed by atoms with Gasteiger partial charge in [-0.2, -0.15) is 0 Å². The average Bonchev–Trinajstić information content (AvgIpc) is 2.94. The molecule has 2 aromatic rings. The summed E-state index contributed by atoms with van der Waals surface area (Å²) in [4.78, 5) is 11.3. The first-order valence-electron chi connectivity index (χ1n) is 6.78. The number of anilines is 1. The second-order valence-corrected chi connectivity index (χ2v) is 6.61. The summed E-state index contributed by atoms with van der Waals surface area (Å²) in [6, 6.07) is 3.86. The van der Waals surface area contributed by atoms with Gasteiger partial charge < -0.3 is 10.6 Å². The SMILES string of the molecule is NCC1CCCN(c2nccc(-c3csc(Cl)c3)n2)C1. The predicted octanol–water partition coefficient (Wildman–Crippen LogP) is 3.03. The zero-order valence-corrected chi connectivity index (χ0v) is 12.7. The lowest BCUT2D eigenvalue weighted by molar-refractivity contribution is 0.419. The lowest BCUT2D eigenvalue weighted by atomic mass is 9.99. The third-order valence-corrected chi connectivity index (χ3v) is 4.73. The number of hydrogen-bond donors (Lipinski definition) is 1. The van der Waals surface area contributed by atoms with Gasteiger partial charge in [0.25, 0.3) is 0 Å². The maximum atomic E-state index is 5.99.